The molecule has 2 nitrogen and oxygen atoms in total. The lowest BCUT2D eigenvalue weighted by Crippen LogP contribution is -2.40. The smallest absolute Gasteiger partial charge is 0.0952 e. The SMILES string of the molecule is CCC(C#N)NC1CC2CCC1C2. The van der Waals surface area contributed by atoms with Gasteiger partial charge in [-0.25, -0.2) is 0 Å². The molecule has 2 rings (SSSR count). The Morgan fingerprint density at radius 2 is 2.31 bits per heavy atom. The molecule has 72 valence electrons. The highest BCUT2D eigenvalue weighted by Gasteiger charge is 2.39. The average Bonchev–Trinajstić information content (AvgIpc) is 2.75. The van der Waals surface area contributed by atoms with Crippen molar-refractivity contribution < 1.29 is 0 Å². The zero-order chi connectivity index (χ0) is 9.26. The summed E-state index contributed by atoms with van der Waals surface area (Å²) in [6.07, 6.45) is 6.50. The highest BCUT2D eigenvalue weighted by atomic mass is 15.0. The van der Waals surface area contributed by atoms with Crippen LogP contribution in [0.2, 0.25) is 0 Å². The first-order valence-corrected chi connectivity index (χ1v) is 5.49. The molecule has 2 aliphatic carbocycles. The van der Waals surface area contributed by atoms with Crippen LogP contribution in [0.15, 0.2) is 0 Å². The van der Waals surface area contributed by atoms with Crippen molar-refractivity contribution >= 4 is 0 Å². The van der Waals surface area contributed by atoms with Gasteiger partial charge in [0.25, 0.3) is 0 Å². The van der Waals surface area contributed by atoms with E-state index in [9.17, 15) is 0 Å². The summed E-state index contributed by atoms with van der Waals surface area (Å²) >= 11 is 0. The molecule has 2 heteroatoms. The normalized spacial score (nSPS) is 38.9. The second kappa shape index (κ2) is 3.67. The molecule has 4 unspecified atom stereocenters. The van der Waals surface area contributed by atoms with E-state index in [0.717, 1.165) is 18.3 Å². The molecule has 13 heavy (non-hydrogen) atoms. The first-order chi connectivity index (χ1) is 6.33. The predicted molar refractivity (Wildman–Crippen MR) is 52.1 cm³/mol. The van der Waals surface area contributed by atoms with Crippen molar-refractivity contribution in [1.82, 2.24) is 5.32 Å². The van der Waals surface area contributed by atoms with Crippen molar-refractivity contribution in [2.45, 2.75) is 51.1 Å². The number of rotatable bonds is 3. The molecule has 0 aromatic rings. The van der Waals surface area contributed by atoms with Gasteiger partial charge < -0.3 is 0 Å². The molecule has 2 bridgehead atoms. The van der Waals surface area contributed by atoms with E-state index >= 15 is 0 Å². The van der Waals surface area contributed by atoms with Crippen LogP contribution in [0.1, 0.15) is 39.0 Å². The van der Waals surface area contributed by atoms with E-state index in [0.29, 0.717) is 6.04 Å². The first kappa shape index (κ1) is 9.02. The third-order valence-corrected chi connectivity index (χ3v) is 3.72. The van der Waals surface area contributed by atoms with E-state index in [2.05, 4.69) is 18.3 Å². The lowest BCUT2D eigenvalue weighted by Gasteiger charge is -2.24. The number of nitriles is 1. The van der Waals surface area contributed by atoms with Crippen LogP contribution in [0.4, 0.5) is 0 Å². The first-order valence-electron chi connectivity index (χ1n) is 5.49. The third kappa shape index (κ3) is 1.71. The summed E-state index contributed by atoms with van der Waals surface area (Å²) in [5.41, 5.74) is 0. The highest BCUT2D eigenvalue weighted by molar-refractivity contribution is 4.99. The van der Waals surface area contributed by atoms with Gasteiger partial charge in [-0.3, -0.25) is 5.32 Å². The number of nitrogens with zero attached hydrogens (tertiary/aromatic N) is 1. The Kier molecular flexibility index (Phi) is 2.55. The highest BCUT2D eigenvalue weighted by Crippen LogP contribution is 2.44. The maximum atomic E-state index is 8.84. The van der Waals surface area contributed by atoms with E-state index in [4.69, 9.17) is 5.26 Å². The maximum Gasteiger partial charge on any atom is 0.0952 e. The molecule has 0 heterocycles. The zero-order valence-electron chi connectivity index (χ0n) is 8.29. The molecule has 2 aliphatic rings. The van der Waals surface area contributed by atoms with Gasteiger partial charge in [-0.05, 0) is 37.5 Å². The quantitative estimate of drug-likeness (QED) is 0.718. The van der Waals surface area contributed by atoms with Crippen LogP contribution in [0.3, 0.4) is 0 Å². The van der Waals surface area contributed by atoms with E-state index in [-0.39, 0.29) is 6.04 Å². The van der Waals surface area contributed by atoms with Crippen molar-refractivity contribution in [3.63, 3.8) is 0 Å². The summed E-state index contributed by atoms with van der Waals surface area (Å²) in [5.74, 6) is 1.85. The molecule has 2 fully saturated rings. The van der Waals surface area contributed by atoms with Gasteiger partial charge in [0, 0.05) is 6.04 Å². The summed E-state index contributed by atoms with van der Waals surface area (Å²) in [7, 11) is 0. The number of nitrogens with one attached hydrogen (secondary N) is 1. The Hall–Kier alpha value is -0.550. The molecule has 0 amide bonds. The second-order valence-corrected chi connectivity index (χ2v) is 4.54. The van der Waals surface area contributed by atoms with Crippen molar-refractivity contribution in [2.24, 2.45) is 11.8 Å². The van der Waals surface area contributed by atoms with Crippen molar-refractivity contribution in [1.29, 1.82) is 5.26 Å². The maximum absolute atomic E-state index is 8.84. The molecule has 0 aliphatic heterocycles. The van der Waals surface area contributed by atoms with Crippen molar-refractivity contribution in [3.05, 3.63) is 0 Å². The molecule has 4 atom stereocenters. The van der Waals surface area contributed by atoms with Crippen LogP contribution in [0.5, 0.6) is 0 Å². The number of hydrogen-bond donors (Lipinski definition) is 1. The van der Waals surface area contributed by atoms with Crippen LogP contribution < -0.4 is 5.32 Å². The van der Waals surface area contributed by atoms with Crippen LogP contribution in [0.25, 0.3) is 0 Å². The van der Waals surface area contributed by atoms with Gasteiger partial charge in [0.15, 0.2) is 0 Å². The molecule has 0 saturated heterocycles. The lowest BCUT2D eigenvalue weighted by molar-refractivity contribution is 0.334. The van der Waals surface area contributed by atoms with E-state index in [1.807, 2.05) is 0 Å². The summed E-state index contributed by atoms with van der Waals surface area (Å²) in [5, 5.41) is 12.3. The van der Waals surface area contributed by atoms with Crippen LogP contribution in [0, 0.1) is 23.2 Å². The van der Waals surface area contributed by atoms with Crippen LogP contribution >= 0.6 is 0 Å². The largest absolute Gasteiger partial charge is 0.299 e. The second-order valence-electron chi connectivity index (χ2n) is 4.54. The Labute approximate surface area is 80.3 Å². The standard InChI is InChI=1S/C11H18N2/c1-2-10(7-12)13-11-6-8-3-4-9(11)5-8/h8-11,13H,2-6H2,1H3. The average molecular weight is 178 g/mol. The topological polar surface area (TPSA) is 35.8 Å². The predicted octanol–water partition coefficient (Wildman–Crippen LogP) is 2.07. The van der Waals surface area contributed by atoms with Crippen molar-refractivity contribution in [2.75, 3.05) is 0 Å². The molecule has 0 spiro atoms. The van der Waals surface area contributed by atoms with Gasteiger partial charge in [-0.1, -0.05) is 13.3 Å². The fraction of sp³-hybridized carbons (Fsp3) is 0.909. The summed E-state index contributed by atoms with van der Waals surface area (Å²) in [6, 6.07) is 3.07. The molecule has 1 N–H and O–H groups in total. The molecule has 0 radical (unpaired) electrons. The van der Waals surface area contributed by atoms with E-state index < -0.39 is 0 Å². The van der Waals surface area contributed by atoms with E-state index in [1.54, 1.807) is 0 Å². The Balaban J connectivity index is 1.86. The van der Waals surface area contributed by atoms with Gasteiger partial charge in [0.1, 0.15) is 0 Å². The van der Waals surface area contributed by atoms with Gasteiger partial charge in [0.05, 0.1) is 12.1 Å². The number of fused-ring (bicyclic) bond motifs is 2. The minimum Gasteiger partial charge on any atom is -0.299 e. The summed E-state index contributed by atoms with van der Waals surface area (Å²) < 4.78 is 0. The van der Waals surface area contributed by atoms with Crippen molar-refractivity contribution in [3.8, 4) is 6.07 Å². The minimum atomic E-state index is 0.0874. The summed E-state index contributed by atoms with van der Waals surface area (Å²) in [6.45, 7) is 2.08. The Bertz CT molecular complexity index is 219. The van der Waals surface area contributed by atoms with Crippen LogP contribution in [-0.4, -0.2) is 12.1 Å². The molecule has 0 aromatic carbocycles. The molecule has 2 saturated carbocycles. The van der Waals surface area contributed by atoms with Crippen LogP contribution in [-0.2, 0) is 0 Å². The Morgan fingerprint density at radius 3 is 2.77 bits per heavy atom. The monoisotopic (exact) mass is 178 g/mol. The van der Waals surface area contributed by atoms with E-state index in [1.165, 1.54) is 25.7 Å². The zero-order valence-corrected chi connectivity index (χ0v) is 8.29. The molecular weight excluding hydrogens is 160 g/mol. The van der Waals surface area contributed by atoms with Gasteiger partial charge >= 0.3 is 0 Å². The minimum absolute atomic E-state index is 0.0874. The molecular formula is C11H18N2. The lowest BCUT2D eigenvalue weighted by atomic mass is 9.94. The third-order valence-electron chi connectivity index (χ3n) is 3.72. The number of hydrogen-bond acceptors (Lipinski definition) is 2. The molecule has 0 aromatic heterocycles. The van der Waals surface area contributed by atoms with Gasteiger partial charge in [0.2, 0.25) is 0 Å². The fourth-order valence-corrected chi connectivity index (χ4v) is 2.95. The van der Waals surface area contributed by atoms with Gasteiger partial charge in [-0.2, -0.15) is 5.26 Å². The van der Waals surface area contributed by atoms with Gasteiger partial charge in [-0.15, -0.1) is 0 Å². The Morgan fingerprint density at radius 1 is 1.46 bits per heavy atom. The fourth-order valence-electron chi connectivity index (χ4n) is 2.95. The summed E-state index contributed by atoms with van der Waals surface area (Å²) in [4.78, 5) is 0.